The first-order valence-corrected chi connectivity index (χ1v) is 7.56. The van der Waals surface area contributed by atoms with Crippen LogP contribution in [0, 0.1) is 0 Å². The number of benzene rings is 1. The molecule has 0 aliphatic carbocycles. The van der Waals surface area contributed by atoms with E-state index in [9.17, 15) is 4.79 Å². The summed E-state index contributed by atoms with van der Waals surface area (Å²) in [7, 11) is 0. The highest BCUT2D eigenvalue weighted by atomic mass is 16.6. The molecule has 1 amide bonds. The van der Waals surface area contributed by atoms with E-state index in [0.29, 0.717) is 13.0 Å². The number of alkyl carbamates (subject to hydrolysis) is 1. The summed E-state index contributed by atoms with van der Waals surface area (Å²) in [6.45, 7) is 6.39. The van der Waals surface area contributed by atoms with Gasteiger partial charge in [0.15, 0.2) is 0 Å². The van der Waals surface area contributed by atoms with Crippen LogP contribution in [0.2, 0.25) is 0 Å². The lowest BCUT2D eigenvalue weighted by Gasteiger charge is -2.19. The van der Waals surface area contributed by atoms with E-state index in [-0.39, 0.29) is 12.7 Å². The molecule has 1 aromatic rings. The van der Waals surface area contributed by atoms with E-state index in [0.717, 1.165) is 24.8 Å². The largest absolute Gasteiger partial charge is 0.444 e. The van der Waals surface area contributed by atoms with Gasteiger partial charge in [-0.15, -0.1) is 0 Å². The lowest BCUT2D eigenvalue weighted by molar-refractivity contribution is 0.0527. The van der Waals surface area contributed by atoms with E-state index < -0.39 is 5.60 Å². The highest BCUT2D eigenvalue weighted by Crippen LogP contribution is 2.09. The Hall–Kier alpha value is -1.55. The average molecular weight is 293 g/mol. The van der Waals surface area contributed by atoms with Crippen molar-refractivity contribution in [2.24, 2.45) is 0 Å². The smallest absolute Gasteiger partial charge is 0.407 e. The van der Waals surface area contributed by atoms with Gasteiger partial charge in [-0.3, -0.25) is 0 Å². The number of hydrogen-bond acceptors (Lipinski definition) is 3. The van der Waals surface area contributed by atoms with Crippen LogP contribution in [0.25, 0.3) is 0 Å². The van der Waals surface area contributed by atoms with Crippen LogP contribution < -0.4 is 5.32 Å². The van der Waals surface area contributed by atoms with E-state index in [2.05, 4.69) is 29.6 Å². The minimum Gasteiger partial charge on any atom is -0.444 e. The predicted molar refractivity (Wildman–Crippen MR) is 84.4 cm³/mol. The molecule has 0 bridgehead atoms. The molecular formula is C17H27NO3. The average Bonchev–Trinajstić information content (AvgIpc) is 2.38. The fourth-order valence-corrected chi connectivity index (χ4v) is 1.96. The van der Waals surface area contributed by atoms with Crippen molar-refractivity contribution in [1.82, 2.24) is 5.32 Å². The molecule has 0 spiro atoms. The fourth-order valence-electron chi connectivity index (χ4n) is 1.96. The Balaban J connectivity index is 2.15. The van der Waals surface area contributed by atoms with Gasteiger partial charge in [-0.2, -0.15) is 0 Å². The number of amides is 1. The summed E-state index contributed by atoms with van der Waals surface area (Å²) >= 11 is 0. The van der Waals surface area contributed by atoms with Crippen molar-refractivity contribution in [2.45, 2.75) is 52.1 Å². The molecule has 0 saturated heterocycles. The van der Waals surface area contributed by atoms with Crippen molar-refractivity contribution >= 4 is 6.09 Å². The zero-order valence-corrected chi connectivity index (χ0v) is 13.3. The molecule has 4 heteroatoms. The molecule has 0 aliphatic rings. The van der Waals surface area contributed by atoms with Crippen LogP contribution >= 0.6 is 0 Å². The van der Waals surface area contributed by atoms with Crippen molar-refractivity contribution in [3.63, 3.8) is 0 Å². The van der Waals surface area contributed by atoms with Gasteiger partial charge in [0.1, 0.15) is 5.60 Å². The van der Waals surface area contributed by atoms with Crippen molar-refractivity contribution in [2.75, 3.05) is 13.2 Å². The molecule has 0 unspecified atom stereocenters. The SMILES string of the molecule is CC(C)(C)OC(=O)NCCCCc1ccc(CCO)cc1. The van der Waals surface area contributed by atoms with Gasteiger partial charge >= 0.3 is 6.09 Å². The monoisotopic (exact) mass is 293 g/mol. The number of carbonyl (C=O) groups is 1. The van der Waals surface area contributed by atoms with Gasteiger partial charge in [-0.25, -0.2) is 4.79 Å². The van der Waals surface area contributed by atoms with E-state index >= 15 is 0 Å². The third kappa shape index (κ3) is 8.35. The molecular weight excluding hydrogens is 266 g/mol. The van der Waals surface area contributed by atoms with Crippen LogP contribution in [0.3, 0.4) is 0 Å². The van der Waals surface area contributed by atoms with E-state index in [1.54, 1.807) is 0 Å². The second-order valence-electron chi connectivity index (χ2n) is 6.18. The Kier molecular flexibility index (Phi) is 7.23. The zero-order chi connectivity index (χ0) is 15.7. The lowest BCUT2D eigenvalue weighted by atomic mass is 10.0. The summed E-state index contributed by atoms with van der Waals surface area (Å²) in [4.78, 5) is 11.4. The summed E-state index contributed by atoms with van der Waals surface area (Å²) < 4.78 is 5.17. The number of nitrogens with one attached hydrogen (secondary N) is 1. The molecule has 0 fully saturated rings. The minimum absolute atomic E-state index is 0.190. The van der Waals surface area contributed by atoms with Gasteiger partial charge in [0.05, 0.1) is 0 Å². The van der Waals surface area contributed by atoms with Gasteiger partial charge < -0.3 is 15.2 Å². The van der Waals surface area contributed by atoms with Crippen molar-refractivity contribution in [1.29, 1.82) is 0 Å². The first-order valence-electron chi connectivity index (χ1n) is 7.56. The van der Waals surface area contributed by atoms with Crippen LogP contribution in [-0.4, -0.2) is 30.0 Å². The molecule has 2 N–H and O–H groups in total. The van der Waals surface area contributed by atoms with Crippen molar-refractivity contribution in [3.8, 4) is 0 Å². The van der Waals surface area contributed by atoms with Gasteiger partial charge in [-0.1, -0.05) is 24.3 Å². The maximum atomic E-state index is 11.4. The maximum Gasteiger partial charge on any atom is 0.407 e. The normalized spacial score (nSPS) is 11.2. The standard InChI is InChI=1S/C17H27NO3/c1-17(2,3)21-16(20)18-12-5-4-6-14-7-9-15(10-8-14)11-13-19/h7-10,19H,4-6,11-13H2,1-3H3,(H,18,20). The van der Waals surface area contributed by atoms with E-state index in [1.807, 2.05) is 20.8 Å². The second kappa shape index (κ2) is 8.67. The molecule has 21 heavy (non-hydrogen) atoms. The number of aryl methyl sites for hydroxylation is 1. The summed E-state index contributed by atoms with van der Waals surface area (Å²) in [5, 5.41) is 11.6. The van der Waals surface area contributed by atoms with Crippen LogP contribution in [0.15, 0.2) is 24.3 Å². The molecule has 0 aliphatic heterocycles. The third-order valence-electron chi connectivity index (χ3n) is 2.98. The number of aliphatic hydroxyl groups excluding tert-OH is 1. The molecule has 1 aromatic carbocycles. The molecule has 0 radical (unpaired) electrons. The Morgan fingerprint density at radius 1 is 1.10 bits per heavy atom. The molecule has 0 saturated carbocycles. The van der Waals surface area contributed by atoms with Crippen LogP contribution in [0.5, 0.6) is 0 Å². The topological polar surface area (TPSA) is 58.6 Å². The summed E-state index contributed by atoms with van der Waals surface area (Å²) in [5.41, 5.74) is 2.00. The molecule has 0 atom stereocenters. The molecule has 1 rings (SSSR count). The number of carbonyl (C=O) groups excluding carboxylic acids is 1. The maximum absolute atomic E-state index is 11.4. The number of unbranched alkanes of at least 4 members (excludes halogenated alkanes) is 1. The fraction of sp³-hybridized carbons (Fsp3) is 0.588. The van der Waals surface area contributed by atoms with Gasteiger partial charge in [0, 0.05) is 13.2 Å². The number of ether oxygens (including phenoxy) is 1. The summed E-state index contributed by atoms with van der Waals surface area (Å²) in [5.74, 6) is 0. The number of hydrogen-bond donors (Lipinski definition) is 2. The van der Waals surface area contributed by atoms with Crippen LogP contribution in [0.1, 0.15) is 44.7 Å². The highest BCUT2D eigenvalue weighted by Gasteiger charge is 2.15. The summed E-state index contributed by atoms with van der Waals surface area (Å²) in [6.07, 6.45) is 3.30. The zero-order valence-electron chi connectivity index (χ0n) is 13.3. The summed E-state index contributed by atoms with van der Waals surface area (Å²) in [6, 6.07) is 8.33. The molecule has 118 valence electrons. The quantitative estimate of drug-likeness (QED) is 0.760. The van der Waals surface area contributed by atoms with Crippen molar-refractivity contribution < 1.29 is 14.6 Å². The first-order chi connectivity index (χ1) is 9.90. The Bertz CT molecular complexity index is 421. The van der Waals surface area contributed by atoms with Gasteiger partial charge in [-0.05, 0) is 57.6 Å². The van der Waals surface area contributed by atoms with Crippen molar-refractivity contribution in [3.05, 3.63) is 35.4 Å². The third-order valence-corrected chi connectivity index (χ3v) is 2.98. The van der Waals surface area contributed by atoms with E-state index in [1.165, 1.54) is 5.56 Å². The Morgan fingerprint density at radius 2 is 1.67 bits per heavy atom. The molecule has 4 nitrogen and oxygen atoms in total. The van der Waals surface area contributed by atoms with E-state index in [4.69, 9.17) is 9.84 Å². The molecule has 0 heterocycles. The minimum atomic E-state index is -0.444. The Labute approximate surface area is 127 Å². The Morgan fingerprint density at radius 3 is 2.19 bits per heavy atom. The second-order valence-corrected chi connectivity index (χ2v) is 6.18. The predicted octanol–water partition coefficient (Wildman–Crippen LogP) is 3.07. The van der Waals surface area contributed by atoms with Gasteiger partial charge in [0.25, 0.3) is 0 Å². The lowest BCUT2D eigenvalue weighted by Crippen LogP contribution is -2.33. The van der Waals surface area contributed by atoms with Crippen LogP contribution in [0.4, 0.5) is 4.79 Å². The van der Waals surface area contributed by atoms with Crippen LogP contribution in [-0.2, 0) is 17.6 Å². The number of rotatable bonds is 7. The highest BCUT2D eigenvalue weighted by molar-refractivity contribution is 5.67. The van der Waals surface area contributed by atoms with Gasteiger partial charge in [0.2, 0.25) is 0 Å². The first kappa shape index (κ1) is 17.5. The number of aliphatic hydroxyl groups is 1. The molecule has 0 aromatic heterocycles.